The van der Waals surface area contributed by atoms with E-state index >= 15 is 0 Å². The molecule has 0 saturated carbocycles. The Morgan fingerprint density at radius 3 is 2.50 bits per heavy atom. The molecule has 166 valence electrons. The van der Waals surface area contributed by atoms with E-state index in [0.717, 1.165) is 12.1 Å². The predicted octanol–water partition coefficient (Wildman–Crippen LogP) is 5.47. The summed E-state index contributed by atoms with van der Waals surface area (Å²) in [5, 5.41) is 0.419. The predicted molar refractivity (Wildman–Crippen MR) is 113 cm³/mol. The average Bonchev–Trinajstić information content (AvgIpc) is 3.31. The molecular formula is C23H18ClF3N2O3. The Labute approximate surface area is 187 Å². The third kappa shape index (κ3) is 3.98. The zero-order valence-electron chi connectivity index (χ0n) is 16.9. The number of amides is 1. The summed E-state index contributed by atoms with van der Waals surface area (Å²) in [5.41, 5.74) is 1.16. The van der Waals surface area contributed by atoms with Gasteiger partial charge in [0.15, 0.2) is 0 Å². The van der Waals surface area contributed by atoms with Crippen LogP contribution in [-0.2, 0) is 22.3 Å². The largest absolute Gasteiger partial charge is 0.461 e. The molecule has 1 amide bonds. The van der Waals surface area contributed by atoms with Crippen molar-refractivity contribution in [2.75, 3.05) is 11.5 Å². The number of rotatable bonds is 5. The fourth-order valence-corrected chi connectivity index (χ4v) is 3.98. The van der Waals surface area contributed by atoms with Crippen molar-refractivity contribution in [3.63, 3.8) is 0 Å². The average molecular weight is 463 g/mol. The minimum atomic E-state index is -4.44. The topological polar surface area (TPSA) is 51.5 Å². The molecular weight excluding hydrogens is 445 g/mol. The van der Waals surface area contributed by atoms with Gasteiger partial charge in [0.05, 0.1) is 24.4 Å². The molecule has 9 heteroatoms. The standard InChI is InChI=1S/C23H18ClF3N2O3/c1-2-32-22(31)19-4-3-11-28(19)20-17-12-16(24)9-10-18(17)29(21(20)30)13-14-5-7-15(8-6-14)23(25,26)27/h3-12,20H,2,13H2,1H3. The molecule has 32 heavy (non-hydrogen) atoms. The van der Waals surface area contributed by atoms with E-state index in [-0.39, 0.29) is 24.8 Å². The molecule has 0 saturated heterocycles. The van der Waals surface area contributed by atoms with Crippen LogP contribution < -0.4 is 4.90 Å². The van der Waals surface area contributed by atoms with E-state index in [2.05, 4.69) is 0 Å². The molecule has 4 rings (SSSR count). The van der Waals surface area contributed by atoms with E-state index < -0.39 is 23.8 Å². The van der Waals surface area contributed by atoms with Gasteiger partial charge in [-0.1, -0.05) is 23.7 Å². The number of hydrogen-bond acceptors (Lipinski definition) is 3. The third-order valence-corrected chi connectivity index (χ3v) is 5.47. The maximum atomic E-state index is 13.5. The summed E-state index contributed by atoms with van der Waals surface area (Å²) in [5.74, 6) is -0.890. The third-order valence-electron chi connectivity index (χ3n) is 5.24. The van der Waals surface area contributed by atoms with Gasteiger partial charge in [-0.2, -0.15) is 13.2 Å². The van der Waals surface area contributed by atoms with Crippen molar-refractivity contribution in [1.29, 1.82) is 0 Å². The quantitative estimate of drug-likeness (QED) is 0.472. The molecule has 0 bridgehead atoms. The van der Waals surface area contributed by atoms with Crippen LogP contribution in [0.1, 0.15) is 40.1 Å². The highest BCUT2D eigenvalue weighted by atomic mass is 35.5. The molecule has 1 aromatic heterocycles. The lowest BCUT2D eigenvalue weighted by molar-refractivity contribution is -0.137. The van der Waals surface area contributed by atoms with Crippen molar-refractivity contribution in [3.8, 4) is 0 Å². The highest BCUT2D eigenvalue weighted by Gasteiger charge is 2.40. The number of anilines is 1. The minimum Gasteiger partial charge on any atom is -0.461 e. The number of carbonyl (C=O) groups excluding carboxylic acids is 2. The van der Waals surface area contributed by atoms with Gasteiger partial charge in [-0.3, -0.25) is 4.79 Å². The number of carbonyl (C=O) groups is 2. The number of nitrogens with zero attached hydrogens (tertiary/aromatic N) is 2. The van der Waals surface area contributed by atoms with E-state index in [0.29, 0.717) is 21.8 Å². The zero-order chi connectivity index (χ0) is 23.0. The molecule has 2 heterocycles. The SMILES string of the molecule is CCOC(=O)c1cccn1C1C(=O)N(Cc2ccc(C(F)(F)F)cc2)c2ccc(Cl)cc21. The van der Waals surface area contributed by atoms with Crippen LogP contribution in [0.4, 0.5) is 18.9 Å². The second kappa shape index (κ2) is 8.35. The molecule has 1 aliphatic rings. The summed E-state index contributed by atoms with van der Waals surface area (Å²) in [6, 6.07) is 12.0. The van der Waals surface area contributed by atoms with Crippen LogP contribution in [0.15, 0.2) is 60.8 Å². The summed E-state index contributed by atoms with van der Waals surface area (Å²) in [6.07, 6.45) is -2.82. The number of fused-ring (bicyclic) bond motifs is 1. The zero-order valence-corrected chi connectivity index (χ0v) is 17.7. The first kappa shape index (κ1) is 22.0. The Bertz CT molecular complexity index is 1170. The van der Waals surface area contributed by atoms with Crippen molar-refractivity contribution in [2.24, 2.45) is 0 Å². The van der Waals surface area contributed by atoms with Crippen LogP contribution in [0.3, 0.4) is 0 Å². The number of hydrogen-bond donors (Lipinski definition) is 0. The molecule has 1 aliphatic heterocycles. The van der Waals surface area contributed by atoms with Gasteiger partial charge in [-0.25, -0.2) is 4.79 Å². The first-order valence-electron chi connectivity index (χ1n) is 9.81. The smallest absolute Gasteiger partial charge is 0.416 e. The highest BCUT2D eigenvalue weighted by Crippen LogP contribution is 2.41. The van der Waals surface area contributed by atoms with E-state index in [9.17, 15) is 22.8 Å². The molecule has 5 nitrogen and oxygen atoms in total. The van der Waals surface area contributed by atoms with Gasteiger partial charge in [0, 0.05) is 16.8 Å². The fourth-order valence-electron chi connectivity index (χ4n) is 3.80. The van der Waals surface area contributed by atoms with Crippen LogP contribution in [0.2, 0.25) is 5.02 Å². The Balaban J connectivity index is 1.71. The van der Waals surface area contributed by atoms with E-state index in [1.807, 2.05) is 0 Å². The number of alkyl halides is 3. The van der Waals surface area contributed by atoms with Crippen molar-refractivity contribution >= 4 is 29.2 Å². The van der Waals surface area contributed by atoms with Gasteiger partial charge in [0.1, 0.15) is 11.7 Å². The van der Waals surface area contributed by atoms with Crippen LogP contribution in [0, 0.1) is 0 Å². The summed E-state index contributed by atoms with van der Waals surface area (Å²) >= 11 is 6.18. The molecule has 0 radical (unpaired) electrons. The number of halogens is 4. The maximum absolute atomic E-state index is 13.5. The molecule has 0 aliphatic carbocycles. The number of aromatic nitrogens is 1. The Morgan fingerprint density at radius 1 is 1.12 bits per heavy atom. The fraction of sp³-hybridized carbons (Fsp3) is 0.217. The lowest BCUT2D eigenvalue weighted by Gasteiger charge is -2.19. The Kier molecular flexibility index (Phi) is 5.73. The number of ether oxygens (including phenoxy) is 1. The first-order valence-corrected chi connectivity index (χ1v) is 10.2. The molecule has 0 fully saturated rings. The second-order valence-corrected chi connectivity index (χ2v) is 7.68. The van der Waals surface area contributed by atoms with Crippen molar-refractivity contribution < 1.29 is 27.5 Å². The molecule has 2 aromatic carbocycles. The minimum absolute atomic E-state index is 0.0676. The van der Waals surface area contributed by atoms with E-state index in [1.54, 1.807) is 43.5 Å². The first-order chi connectivity index (χ1) is 15.2. The van der Waals surface area contributed by atoms with E-state index in [4.69, 9.17) is 16.3 Å². The molecule has 1 unspecified atom stereocenters. The molecule has 1 atom stereocenters. The van der Waals surface area contributed by atoms with Gasteiger partial charge < -0.3 is 14.2 Å². The summed E-state index contributed by atoms with van der Waals surface area (Å²) in [6.45, 7) is 1.94. The number of benzene rings is 2. The molecule has 0 N–H and O–H groups in total. The van der Waals surface area contributed by atoms with Crippen LogP contribution >= 0.6 is 11.6 Å². The van der Waals surface area contributed by atoms with Gasteiger partial charge >= 0.3 is 12.1 Å². The monoisotopic (exact) mass is 462 g/mol. The lowest BCUT2D eigenvalue weighted by atomic mass is 10.1. The maximum Gasteiger partial charge on any atom is 0.416 e. The summed E-state index contributed by atoms with van der Waals surface area (Å²) in [4.78, 5) is 27.3. The van der Waals surface area contributed by atoms with Crippen molar-refractivity contribution in [2.45, 2.75) is 25.7 Å². The van der Waals surface area contributed by atoms with Gasteiger partial charge in [-0.05, 0) is 55.0 Å². The second-order valence-electron chi connectivity index (χ2n) is 7.25. The lowest BCUT2D eigenvalue weighted by Crippen LogP contribution is -2.31. The van der Waals surface area contributed by atoms with Gasteiger partial charge in [0.25, 0.3) is 5.91 Å². The highest BCUT2D eigenvalue weighted by molar-refractivity contribution is 6.31. The van der Waals surface area contributed by atoms with Gasteiger partial charge in [-0.15, -0.1) is 0 Å². The van der Waals surface area contributed by atoms with Crippen molar-refractivity contribution in [1.82, 2.24) is 4.57 Å². The number of esters is 1. The molecule has 0 spiro atoms. The van der Waals surface area contributed by atoms with Crippen LogP contribution in [0.25, 0.3) is 0 Å². The molecule has 3 aromatic rings. The van der Waals surface area contributed by atoms with Crippen molar-refractivity contribution in [3.05, 3.63) is 88.2 Å². The van der Waals surface area contributed by atoms with Crippen LogP contribution in [-0.4, -0.2) is 23.1 Å². The Morgan fingerprint density at radius 2 is 1.84 bits per heavy atom. The Hall–Kier alpha value is -3.26. The summed E-state index contributed by atoms with van der Waals surface area (Å²) in [7, 11) is 0. The van der Waals surface area contributed by atoms with Crippen LogP contribution in [0.5, 0.6) is 0 Å². The summed E-state index contributed by atoms with van der Waals surface area (Å²) < 4.78 is 45.2. The normalized spacial score (nSPS) is 15.7. The van der Waals surface area contributed by atoms with E-state index in [1.165, 1.54) is 21.6 Å². The van der Waals surface area contributed by atoms with Gasteiger partial charge in [0.2, 0.25) is 0 Å².